The van der Waals surface area contributed by atoms with Crippen molar-refractivity contribution in [1.29, 1.82) is 0 Å². The van der Waals surface area contributed by atoms with Gasteiger partial charge in [0.1, 0.15) is 6.04 Å². The fourth-order valence-electron chi connectivity index (χ4n) is 2.43. The molecule has 2 rings (SSSR count). The largest absolute Gasteiger partial charge is 0.480 e. The lowest BCUT2D eigenvalue weighted by atomic mass is 10.1. The zero-order valence-corrected chi connectivity index (χ0v) is 13.0. The summed E-state index contributed by atoms with van der Waals surface area (Å²) in [5, 5.41) is 9.12. The lowest BCUT2D eigenvalue weighted by molar-refractivity contribution is -0.141. The van der Waals surface area contributed by atoms with Gasteiger partial charge in [-0.15, -0.1) is 6.42 Å². The highest BCUT2D eigenvalue weighted by atomic mass is 32.2. The van der Waals surface area contributed by atoms with E-state index in [-0.39, 0.29) is 17.0 Å². The summed E-state index contributed by atoms with van der Waals surface area (Å²) >= 11 is 0. The van der Waals surface area contributed by atoms with E-state index in [1.165, 1.54) is 29.2 Å². The molecular formula is C15H16N2O5S. The molecule has 0 bridgehead atoms. The second kappa shape index (κ2) is 6.81. The van der Waals surface area contributed by atoms with Crippen molar-refractivity contribution in [3.63, 3.8) is 0 Å². The number of carboxylic acids is 1. The highest BCUT2D eigenvalue weighted by Gasteiger charge is 2.34. The van der Waals surface area contributed by atoms with Crippen LogP contribution in [0.2, 0.25) is 0 Å². The Morgan fingerprint density at radius 1 is 1.35 bits per heavy atom. The molecule has 1 heterocycles. The quantitative estimate of drug-likeness (QED) is 0.752. The maximum atomic E-state index is 12.4. The van der Waals surface area contributed by atoms with Crippen molar-refractivity contribution in [1.82, 2.24) is 9.62 Å². The van der Waals surface area contributed by atoms with Crippen molar-refractivity contribution in [2.24, 2.45) is 0 Å². The van der Waals surface area contributed by atoms with Crippen LogP contribution in [0.25, 0.3) is 0 Å². The lowest BCUT2D eigenvalue weighted by Crippen LogP contribution is -2.40. The number of hydrogen-bond acceptors (Lipinski definition) is 4. The monoisotopic (exact) mass is 336 g/mol. The second-order valence-electron chi connectivity index (χ2n) is 5.05. The number of sulfonamides is 1. The molecular weight excluding hydrogens is 320 g/mol. The molecule has 0 spiro atoms. The molecule has 23 heavy (non-hydrogen) atoms. The zero-order chi connectivity index (χ0) is 17.0. The van der Waals surface area contributed by atoms with Gasteiger partial charge in [-0.1, -0.05) is 5.92 Å². The fourth-order valence-corrected chi connectivity index (χ4v) is 3.36. The normalized spacial score (nSPS) is 17.7. The molecule has 8 heteroatoms. The highest BCUT2D eigenvalue weighted by Crippen LogP contribution is 2.21. The average molecular weight is 336 g/mol. The Hall–Kier alpha value is -2.37. The van der Waals surface area contributed by atoms with Crippen molar-refractivity contribution in [2.75, 3.05) is 13.1 Å². The van der Waals surface area contributed by atoms with Crippen LogP contribution in [0.4, 0.5) is 0 Å². The number of carbonyl (C=O) groups is 2. The van der Waals surface area contributed by atoms with E-state index in [0.717, 1.165) is 0 Å². The molecule has 1 atom stereocenters. The molecule has 122 valence electrons. The first kappa shape index (κ1) is 17.0. The van der Waals surface area contributed by atoms with Crippen molar-refractivity contribution < 1.29 is 23.1 Å². The molecule has 7 nitrogen and oxygen atoms in total. The van der Waals surface area contributed by atoms with Crippen LogP contribution in [0.5, 0.6) is 0 Å². The molecule has 1 aromatic rings. The van der Waals surface area contributed by atoms with Crippen molar-refractivity contribution >= 4 is 21.9 Å². The van der Waals surface area contributed by atoms with E-state index >= 15 is 0 Å². The molecule has 1 amide bonds. The summed E-state index contributed by atoms with van der Waals surface area (Å²) in [5.74, 6) is 0.714. The summed E-state index contributed by atoms with van der Waals surface area (Å²) in [6.45, 7) is 0.247. The Kier molecular flexibility index (Phi) is 5.03. The van der Waals surface area contributed by atoms with Gasteiger partial charge in [0.2, 0.25) is 10.0 Å². The van der Waals surface area contributed by atoms with Crippen LogP contribution < -0.4 is 4.72 Å². The molecule has 0 saturated carbocycles. The maximum Gasteiger partial charge on any atom is 0.326 e. The predicted molar refractivity (Wildman–Crippen MR) is 82.2 cm³/mol. The van der Waals surface area contributed by atoms with Gasteiger partial charge < -0.3 is 10.0 Å². The van der Waals surface area contributed by atoms with Crippen LogP contribution in [-0.2, 0) is 14.8 Å². The molecule has 2 N–H and O–H groups in total. The molecule has 0 aliphatic carbocycles. The Morgan fingerprint density at radius 2 is 2.00 bits per heavy atom. The third kappa shape index (κ3) is 3.70. The maximum absolute atomic E-state index is 12.4. The van der Waals surface area contributed by atoms with E-state index in [0.29, 0.717) is 19.4 Å². The molecule has 0 aromatic heterocycles. The second-order valence-corrected chi connectivity index (χ2v) is 6.81. The molecule has 1 fully saturated rings. The first-order valence-electron chi connectivity index (χ1n) is 6.94. The van der Waals surface area contributed by atoms with Crippen molar-refractivity contribution in [3.05, 3.63) is 29.8 Å². The zero-order valence-electron chi connectivity index (χ0n) is 12.2. The Bertz CT molecular complexity index is 749. The topological polar surface area (TPSA) is 104 Å². The van der Waals surface area contributed by atoms with E-state index in [4.69, 9.17) is 11.5 Å². The SMILES string of the molecule is C#CCNS(=O)(=O)c1ccc(C(=O)N2CCC[C@@H]2C(=O)O)cc1. The van der Waals surface area contributed by atoms with Gasteiger partial charge in [-0.05, 0) is 37.1 Å². The number of nitrogens with zero attached hydrogens (tertiary/aromatic N) is 1. The number of carboxylic acid groups (broad SMARTS) is 1. The van der Waals surface area contributed by atoms with Gasteiger partial charge in [0, 0.05) is 12.1 Å². The van der Waals surface area contributed by atoms with E-state index in [1.807, 2.05) is 0 Å². The van der Waals surface area contributed by atoms with E-state index in [9.17, 15) is 18.0 Å². The first-order valence-corrected chi connectivity index (χ1v) is 8.42. The summed E-state index contributed by atoms with van der Waals surface area (Å²) in [4.78, 5) is 24.8. The van der Waals surface area contributed by atoms with E-state index < -0.39 is 27.9 Å². The number of carbonyl (C=O) groups excluding carboxylic acids is 1. The summed E-state index contributed by atoms with van der Waals surface area (Å²) in [7, 11) is -3.72. The third-order valence-corrected chi connectivity index (χ3v) is 4.99. The standard InChI is InChI=1S/C15H16N2O5S/c1-2-9-16-23(21,22)12-7-5-11(6-8-12)14(18)17-10-3-4-13(17)15(19)20/h1,5-8,13,16H,3-4,9-10H2,(H,19,20)/t13-/m1/s1. The fraction of sp³-hybridized carbons (Fsp3) is 0.333. The number of amides is 1. The van der Waals surface area contributed by atoms with Gasteiger partial charge >= 0.3 is 5.97 Å². The number of terminal acetylenes is 1. The minimum Gasteiger partial charge on any atom is -0.480 e. The van der Waals surface area contributed by atoms with Crippen LogP contribution in [0.15, 0.2) is 29.2 Å². The molecule has 1 saturated heterocycles. The Balaban J connectivity index is 2.18. The third-order valence-electron chi connectivity index (χ3n) is 3.57. The van der Waals surface area contributed by atoms with Crippen LogP contribution in [0, 0.1) is 12.3 Å². The van der Waals surface area contributed by atoms with Crippen molar-refractivity contribution in [2.45, 2.75) is 23.8 Å². The molecule has 0 radical (unpaired) electrons. The predicted octanol–water partition coefficient (Wildman–Crippen LogP) is 0.287. The minimum absolute atomic E-state index is 0.0134. The molecule has 1 aliphatic heterocycles. The van der Waals surface area contributed by atoms with E-state index in [1.54, 1.807) is 0 Å². The highest BCUT2D eigenvalue weighted by molar-refractivity contribution is 7.89. The van der Waals surface area contributed by atoms with Crippen LogP contribution in [0.3, 0.4) is 0 Å². The van der Waals surface area contributed by atoms with E-state index in [2.05, 4.69) is 10.6 Å². The average Bonchev–Trinajstić information content (AvgIpc) is 3.02. The smallest absolute Gasteiger partial charge is 0.326 e. The molecule has 1 aliphatic rings. The van der Waals surface area contributed by atoms with Gasteiger partial charge in [-0.25, -0.2) is 13.2 Å². The Morgan fingerprint density at radius 3 is 2.57 bits per heavy atom. The summed E-state index contributed by atoms with van der Waals surface area (Å²) < 4.78 is 26.0. The van der Waals surface area contributed by atoms with Crippen LogP contribution in [0.1, 0.15) is 23.2 Å². The molecule has 1 aromatic carbocycles. The number of nitrogens with one attached hydrogen (secondary N) is 1. The minimum atomic E-state index is -3.72. The van der Waals surface area contributed by atoms with Crippen molar-refractivity contribution in [3.8, 4) is 12.3 Å². The lowest BCUT2D eigenvalue weighted by Gasteiger charge is -2.21. The Labute approximate surface area is 134 Å². The summed E-state index contributed by atoms with van der Waals surface area (Å²) in [5.41, 5.74) is 0.244. The summed E-state index contributed by atoms with van der Waals surface area (Å²) in [6.07, 6.45) is 6.06. The van der Waals surface area contributed by atoms with Gasteiger partial charge in [0.15, 0.2) is 0 Å². The van der Waals surface area contributed by atoms with Crippen LogP contribution in [-0.4, -0.2) is 49.4 Å². The number of aliphatic carboxylic acids is 1. The number of benzene rings is 1. The summed E-state index contributed by atoms with van der Waals surface area (Å²) in [6, 6.07) is 4.48. The number of likely N-dealkylation sites (tertiary alicyclic amines) is 1. The van der Waals surface area contributed by atoms with Gasteiger partial charge in [-0.2, -0.15) is 4.72 Å². The van der Waals surface area contributed by atoms with Gasteiger partial charge in [0.05, 0.1) is 11.4 Å². The number of hydrogen-bond donors (Lipinski definition) is 2. The van der Waals surface area contributed by atoms with Gasteiger partial charge in [-0.3, -0.25) is 4.79 Å². The first-order chi connectivity index (χ1) is 10.9. The molecule has 0 unspecified atom stereocenters. The van der Waals surface area contributed by atoms with Gasteiger partial charge in [0.25, 0.3) is 5.91 Å². The number of rotatable bonds is 5. The van der Waals surface area contributed by atoms with Crippen LogP contribution >= 0.6 is 0 Å².